The van der Waals surface area contributed by atoms with Crippen LogP contribution in [0.3, 0.4) is 0 Å². The molecule has 0 aromatic heterocycles. The quantitative estimate of drug-likeness (QED) is 0.743. The SMILES string of the molecule is CC(CN(CC1CCCNC1)C(C)C)C(=O)OCc1ccccc1. The zero-order valence-electron chi connectivity index (χ0n) is 15.3. The highest BCUT2D eigenvalue weighted by Gasteiger charge is 2.23. The van der Waals surface area contributed by atoms with Crippen LogP contribution in [-0.2, 0) is 16.1 Å². The smallest absolute Gasteiger partial charge is 0.310 e. The van der Waals surface area contributed by atoms with Crippen LogP contribution < -0.4 is 5.32 Å². The number of nitrogens with one attached hydrogen (secondary N) is 1. The van der Waals surface area contributed by atoms with Crippen LogP contribution in [0.4, 0.5) is 0 Å². The van der Waals surface area contributed by atoms with Crippen molar-refractivity contribution in [1.82, 2.24) is 10.2 Å². The maximum absolute atomic E-state index is 12.3. The molecule has 2 rings (SSSR count). The zero-order valence-corrected chi connectivity index (χ0v) is 15.3. The summed E-state index contributed by atoms with van der Waals surface area (Å²) in [6.45, 7) is 10.8. The third-order valence-electron chi connectivity index (χ3n) is 4.76. The molecule has 1 aromatic carbocycles. The summed E-state index contributed by atoms with van der Waals surface area (Å²) in [7, 11) is 0. The Hall–Kier alpha value is -1.39. The number of hydrogen-bond donors (Lipinski definition) is 1. The lowest BCUT2D eigenvalue weighted by Gasteiger charge is -2.34. The molecule has 2 atom stereocenters. The van der Waals surface area contributed by atoms with Crippen molar-refractivity contribution in [3.8, 4) is 0 Å². The maximum Gasteiger partial charge on any atom is 0.310 e. The van der Waals surface area contributed by atoms with Crippen LogP contribution in [-0.4, -0.2) is 43.1 Å². The largest absolute Gasteiger partial charge is 0.461 e. The van der Waals surface area contributed by atoms with Crippen molar-refractivity contribution in [2.24, 2.45) is 11.8 Å². The highest BCUT2D eigenvalue weighted by atomic mass is 16.5. The van der Waals surface area contributed by atoms with E-state index in [9.17, 15) is 4.79 Å². The number of benzene rings is 1. The predicted octanol–water partition coefficient (Wildman–Crippen LogP) is 3.08. The molecule has 24 heavy (non-hydrogen) atoms. The van der Waals surface area contributed by atoms with Crippen molar-refractivity contribution in [2.45, 2.75) is 46.3 Å². The molecule has 1 aromatic rings. The Bertz CT molecular complexity index is 484. The molecule has 0 amide bonds. The first-order valence-corrected chi connectivity index (χ1v) is 9.21. The van der Waals surface area contributed by atoms with Gasteiger partial charge < -0.3 is 10.1 Å². The normalized spacial score (nSPS) is 19.5. The molecule has 1 fully saturated rings. The summed E-state index contributed by atoms with van der Waals surface area (Å²) in [5, 5.41) is 3.48. The Labute approximate surface area is 146 Å². The number of nitrogens with zero attached hydrogens (tertiary/aromatic N) is 1. The van der Waals surface area contributed by atoms with Crippen molar-refractivity contribution in [2.75, 3.05) is 26.2 Å². The van der Waals surface area contributed by atoms with Crippen molar-refractivity contribution in [3.05, 3.63) is 35.9 Å². The van der Waals surface area contributed by atoms with E-state index >= 15 is 0 Å². The number of piperidine rings is 1. The van der Waals surface area contributed by atoms with Crippen LogP contribution in [0.2, 0.25) is 0 Å². The number of esters is 1. The average molecular weight is 332 g/mol. The van der Waals surface area contributed by atoms with E-state index in [1.165, 1.54) is 12.8 Å². The summed E-state index contributed by atoms with van der Waals surface area (Å²) in [6.07, 6.45) is 2.54. The van der Waals surface area contributed by atoms with E-state index in [2.05, 4.69) is 24.1 Å². The minimum Gasteiger partial charge on any atom is -0.461 e. The van der Waals surface area contributed by atoms with Gasteiger partial charge in [-0.15, -0.1) is 0 Å². The second-order valence-corrected chi connectivity index (χ2v) is 7.25. The van der Waals surface area contributed by atoms with E-state index in [-0.39, 0.29) is 11.9 Å². The van der Waals surface area contributed by atoms with Gasteiger partial charge in [-0.2, -0.15) is 0 Å². The minimum absolute atomic E-state index is 0.104. The number of carbonyl (C=O) groups is 1. The maximum atomic E-state index is 12.3. The minimum atomic E-state index is -0.105. The van der Waals surface area contributed by atoms with Gasteiger partial charge in [0.15, 0.2) is 0 Å². The third-order valence-corrected chi connectivity index (χ3v) is 4.76. The molecule has 2 unspecified atom stereocenters. The van der Waals surface area contributed by atoms with Gasteiger partial charge in [-0.25, -0.2) is 0 Å². The molecule has 1 N–H and O–H groups in total. The first-order valence-electron chi connectivity index (χ1n) is 9.21. The van der Waals surface area contributed by atoms with Crippen LogP contribution in [0.5, 0.6) is 0 Å². The molecule has 0 aliphatic carbocycles. The summed E-state index contributed by atoms with van der Waals surface area (Å²) < 4.78 is 5.48. The molecule has 4 heteroatoms. The molecular weight excluding hydrogens is 300 g/mol. The van der Waals surface area contributed by atoms with E-state index < -0.39 is 0 Å². The van der Waals surface area contributed by atoms with E-state index in [0.717, 1.165) is 31.7 Å². The molecule has 0 spiro atoms. The molecule has 4 nitrogen and oxygen atoms in total. The Morgan fingerprint density at radius 3 is 2.67 bits per heavy atom. The first kappa shape index (κ1) is 18.9. The summed E-state index contributed by atoms with van der Waals surface area (Å²) in [6, 6.07) is 10.3. The Kier molecular flexibility index (Phi) is 7.73. The lowest BCUT2D eigenvalue weighted by atomic mass is 9.98. The molecule has 1 saturated heterocycles. The summed E-state index contributed by atoms with van der Waals surface area (Å²) in [5.41, 5.74) is 1.03. The summed E-state index contributed by atoms with van der Waals surface area (Å²) in [4.78, 5) is 14.7. The highest BCUT2D eigenvalue weighted by molar-refractivity contribution is 5.72. The van der Waals surface area contributed by atoms with E-state index in [1.807, 2.05) is 37.3 Å². The highest BCUT2D eigenvalue weighted by Crippen LogP contribution is 2.16. The zero-order chi connectivity index (χ0) is 17.4. The monoisotopic (exact) mass is 332 g/mol. The second-order valence-electron chi connectivity index (χ2n) is 7.25. The fourth-order valence-electron chi connectivity index (χ4n) is 3.20. The lowest BCUT2D eigenvalue weighted by Crippen LogP contribution is -2.44. The number of ether oxygens (including phenoxy) is 1. The fourth-order valence-corrected chi connectivity index (χ4v) is 3.20. The first-order chi connectivity index (χ1) is 11.6. The van der Waals surface area contributed by atoms with Crippen molar-refractivity contribution in [1.29, 1.82) is 0 Å². The van der Waals surface area contributed by atoms with Gasteiger partial charge in [0.05, 0.1) is 5.92 Å². The van der Waals surface area contributed by atoms with Crippen LogP contribution in [0.1, 0.15) is 39.2 Å². The molecule has 1 aliphatic rings. The predicted molar refractivity (Wildman–Crippen MR) is 97.7 cm³/mol. The lowest BCUT2D eigenvalue weighted by molar-refractivity contribution is -0.150. The molecule has 1 aliphatic heterocycles. The van der Waals surface area contributed by atoms with Gasteiger partial charge >= 0.3 is 5.97 Å². The number of hydrogen-bond acceptors (Lipinski definition) is 4. The van der Waals surface area contributed by atoms with Gasteiger partial charge in [-0.3, -0.25) is 9.69 Å². The molecule has 0 saturated carbocycles. The van der Waals surface area contributed by atoms with E-state index in [4.69, 9.17) is 4.74 Å². The van der Waals surface area contributed by atoms with Gasteiger partial charge in [0.2, 0.25) is 0 Å². The molecule has 0 bridgehead atoms. The number of carbonyl (C=O) groups excluding carboxylic acids is 1. The van der Waals surface area contributed by atoms with Gasteiger partial charge in [-0.1, -0.05) is 37.3 Å². The molecular formula is C20H32N2O2. The standard InChI is InChI=1S/C20H32N2O2/c1-16(2)22(14-19-10-7-11-21-12-19)13-17(3)20(23)24-15-18-8-5-4-6-9-18/h4-6,8-9,16-17,19,21H,7,10-15H2,1-3H3. The average Bonchev–Trinajstić information content (AvgIpc) is 2.60. The van der Waals surface area contributed by atoms with Crippen molar-refractivity contribution >= 4 is 5.97 Å². The number of rotatable bonds is 8. The van der Waals surface area contributed by atoms with Crippen LogP contribution in [0.25, 0.3) is 0 Å². The van der Waals surface area contributed by atoms with E-state index in [0.29, 0.717) is 18.6 Å². The summed E-state index contributed by atoms with van der Waals surface area (Å²) in [5.74, 6) is 0.479. The van der Waals surface area contributed by atoms with Crippen molar-refractivity contribution < 1.29 is 9.53 Å². The van der Waals surface area contributed by atoms with Crippen LogP contribution in [0, 0.1) is 11.8 Å². The molecule has 0 radical (unpaired) electrons. The second kappa shape index (κ2) is 9.80. The summed E-state index contributed by atoms with van der Waals surface area (Å²) >= 11 is 0. The van der Waals surface area contributed by atoms with Crippen molar-refractivity contribution in [3.63, 3.8) is 0 Å². The van der Waals surface area contributed by atoms with Crippen LogP contribution >= 0.6 is 0 Å². The van der Waals surface area contributed by atoms with Gasteiger partial charge in [0.25, 0.3) is 0 Å². The van der Waals surface area contributed by atoms with Gasteiger partial charge in [0.1, 0.15) is 6.61 Å². The van der Waals surface area contributed by atoms with E-state index in [1.54, 1.807) is 0 Å². The topological polar surface area (TPSA) is 41.6 Å². The molecule has 134 valence electrons. The van der Waals surface area contributed by atoms with Gasteiger partial charge in [0, 0.05) is 19.1 Å². The Morgan fingerprint density at radius 1 is 1.29 bits per heavy atom. The Morgan fingerprint density at radius 2 is 2.04 bits per heavy atom. The van der Waals surface area contributed by atoms with Crippen LogP contribution in [0.15, 0.2) is 30.3 Å². The third kappa shape index (κ3) is 6.25. The molecule has 1 heterocycles. The van der Waals surface area contributed by atoms with Gasteiger partial charge in [-0.05, 0) is 51.3 Å². The fraction of sp³-hybridized carbons (Fsp3) is 0.650. The Balaban J connectivity index is 1.80.